The minimum atomic E-state index is -0.166. The second-order valence-electron chi connectivity index (χ2n) is 8.74. The molecule has 0 radical (unpaired) electrons. The van der Waals surface area contributed by atoms with Gasteiger partial charge in [-0.15, -0.1) is 5.10 Å². The topological polar surface area (TPSA) is 104 Å². The second-order valence-corrected chi connectivity index (χ2v) is 10.7. The molecule has 0 saturated heterocycles. The maximum Gasteiger partial charge on any atom is 0.284 e. The number of fused-ring (bicyclic) bond motifs is 4. The average Bonchev–Trinajstić information content (AvgIpc) is 3.36. The van der Waals surface area contributed by atoms with Crippen LogP contribution in [0.2, 0.25) is 0 Å². The van der Waals surface area contributed by atoms with Gasteiger partial charge in [0.2, 0.25) is 5.91 Å². The number of nitrogens with zero attached hydrogens (tertiary/aromatic N) is 5. The number of hydrogen-bond acceptors (Lipinski definition) is 8. The maximum atomic E-state index is 13.4. The van der Waals surface area contributed by atoms with Crippen molar-refractivity contribution in [3.63, 3.8) is 0 Å². The van der Waals surface area contributed by atoms with E-state index >= 15 is 0 Å². The summed E-state index contributed by atoms with van der Waals surface area (Å²) in [5.74, 6) is 1.17. The van der Waals surface area contributed by atoms with E-state index < -0.39 is 0 Å². The largest absolute Gasteiger partial charge is 0.497 e. The number of methoxy groups -OCH3 is 1. The van der Waals surface area contributed by atoms with Crippen molar-refractivity contribution in [2.24, 2.45) is 0 Å². The summed E-state index contributed by atoms with van der Waals surface area (Å²) in [5.41, 5.74) is 2.90. The summed E-state index contributed by atoms with van der Waals surface area (Å²) in [6, 6.07) is 15.0. The highest BCUT2D eigenvalue weighted by atomic mass is 32.2. The monoisotopic (exact) mass is 532 g/mol. The first-order valence-corrected chi connectivity index (χ1v) is 13.9. The molecule has 1 aromatic heterocycles. The number of benzene rings is 2. The fourth-order valence-electron chi connectivity index (χ4n) is 4.58. The number of carbonyl (C=O) groups excluding carboxylic acids is 1. The third-order valence-electron chi connectivity index (χ3n) is 6.34. The van der Waals surface area contributed by atoms with E-state index in [-0.39, 0.29) is 17.2 Å². The summed E-state index contributed by atoms with van der Waals surface area (Å²) < 4.78 is 9.74. The molecule has 188 valence electrons. The predicted octanol–water partition coefficient (Wildman–Crippen LogP) is 4.61. The Labute approximate surface area is 220 Å². The Morgan fingerprint density at radius 3 is 2.84 bits per heavy atom. The molecule has 0 saturated carbocycles. The van der Waals surface area contributed by atoms with E-state index in [1.54, 1.807) is 7.11 Å². The molecule has 0 spiro atoms. The van der Waals surface area contributed by atoms with Gasteiger partial charge in [-0.1, -0.05) is 47.7 Å². The zero-order valence-electron chi connectivity index (χ0n) is 20.1. The van der Waals surface area contributed by atoms with Crippen molar-refractivity contribution >= 4 is 44.4 Å². The average molecular weight is 533 g/mol. The lowest BCUT2D eigenvalue weighted by atomic mass is 10.1. The molecule has 37 heavy (non-hydrogen) atoms. The second kappa shape index (κ2) is 9.98. The minimum Gasteiger partial charge on any atom is -0.497 e. The first-order valence-electron chi connectivity index (χ1n) is 12.1. The highest BCUT2D eigenvalue weighted by molar-refractivity contribution is 7.99. The minimum absolute atomic E-state index is 0.152. The lowest BCUT2D eigenvalue weighted by molar-refractivity contribution is -0.113. The van der Waals surface area contributed by atoms with Crippen LogP contribution in [-0.4, -0.2) is 43.1 Å². The zero-order valence-corrected chi connectivity index (χ0v) is 21.8. The molecule has 4 heterocycles. The number of ether oxygens (including phenoxy) is 1. The number of nitrogens with one attached hydrogen (secondary N) is 1. The number of thiazole rings is 1. The van der Waals surface area contributed by atoms with Crippen molar-refractivity contribution in [3.05, 3.63) is 64.6 Å². The molecule has 3 aromatic rings. The molecule has 3 aliphatic heterocycles. The zero-order chi connectivity index (χ0) is 25.4. The van der Waals surface area contributed by atoms with Crippen LogP contribution in [-0.2, 0) is 17.8 Å². The summed E-state index contributed by atoms with van der Waals surface area (Å²) in [4.78, 5) is 35.5. The Morgan fingerprint density at radius 2 is 2.00 bits per heavy atom. The molecule has 0 fully saturated rings. The van der Waals surface area contributed by atoms with E-state index in [4.69, 9.17) is 9.72 Å². The van der Waals surface area contributed by atoms with Gasteiger partial charge in [-0.05, 0) is 49.6 Å². The lowest BCUT2D eigenvalue weighted by Crippen LogP contribution is -2.20. The molecule has 11 heteroatoms. The Hall–Kier alpha value is -3.70. The number of aromatic nitrogens is 5. The number of anilines is 1. The third-order valence-corrected chi connectivity index (χ3v) is 8.25. The predicted molar refractivity (Wildman–Crippen MR) is 145 cm³/mol. The number of thioether (sulfide) groups is 1. The quantitative estimate of drug-likeness (QED) is 0.252. The van der Waals surface area contributed by atoms with Crippen molar-refractivity contribution in [2.75, 3.05) is 18.2 Å². The molecular weight excluding hydrogens is 508 g/mol. The van der Waals surface area contributed by atoms with Crippen LogP contribution in [0.4, 0.5) is 5.13 Å². The lowest BCUT2D eigenvalue weighted by Gasteiger charge is -2.17. The fraction of sp³-hybridized carbons (Fsp3) is 0.269. The molecule has 6 rings (SSSR count). The number of rotatable bonds is 6. The maximum absolute atomic E-state index is 13.4. The van der Waals surface area contributed by atoms with Crippen LogP contribution in [0.5, 0.6) is 5.75 Å². The smallest absolute Gasteiger partial charge is 0.284 e. The molecule has 0 aliphatic carbocycles. The van der Waals surface area contributed by atoms with Gasteiger partial charge in [0.1, 0.15) is 11.3 Å². The van der Waals surface area contributed by atoms with Crippen LogP contribution in [0.3, 0.4) is 0 Å². The summed E-state index contributed by atoms with van der Waals surface area (Å²) in [7, 11) is 1.62. The Bertz CT molecular complexity index is 1620. The van der Waals surface area contributed by atoms with E-state index in [2.05, 4.69) is 20.0 Å². The van der Waals surface area contributed by atoms with Gasteiger partial charge in [-0.3, -0.25) is 9.59 Å². The van der Waals surface area contributed by atoms with Crippen molar-refractivity contribution in [1.29, 1.82) is 0 Å². The van der Waals surface area contributed by atoms with Gasteiger partial charge in [0, 0.05) is 12.2 Å². The fourth-order valence-corrected chi connectivity index (χ4v) is 6.33. The standard InChI is InChI=1S/C26H24N6O3S2/c1-35-17-11-12-18-20(14-17)37-25(27-18)28-21(33)15-36-26-29-23-22(19-10-6-3-7-13-31(19)26)24(34)32(30-23)16-8-4-2-5-9-16/h2,4-5,8-9,11-12,14H,3,6-7,10,13,15H2,1H3,(H,27,28,33). The molecule has 0 bridgehead atoms. The van der Waals surface area contributed by atoms with Gasteiger partial charge >= 0.3 is 0 Å². The summed E-state index contributed by atoms with van der Waals surface area (Å²) >= 11 is 2.76. The van der Waals surface area contributed by atoms with Gasteiger partial charge in [0.05, 0.1) is 28.8 Å². The highest BCUT2D eigenvalue weighted by Gasteiger charge is 2.27. The molecule has 1 amide bonds. The molecule has 1 N–H and O–H groups in total. The molecular formula is C26H24N6O3S2. The molecule has 9 nitrogen and oxygen atoms in total. The summed E-state index contributed by atoms with van der Waals surface area (Å²) in [5, 5.41) is 8.71. The van der Waals surface area contributed by atoms with E-state index in [1.807, 2.05) is 48.5 Å². The highest BCUT2D eigenvalue weighted by Crippen LogP contribution is 2.32. The van der Waals surface area contributed by atoms with Gasteiger partial charge < -0.3 is 14.6 Å². The Balaban J connectivity index is 1.28. The number of hydrogen-bond donors (Lipinski definition) is 1. The van der Waals surface area contributed by atoms with Gasteiger partial charge in [-0.2, -0.15) is 4.68 Å². The Kier molecular flexibility index (Phi) is 6.39. The van der Waals surface area contributed by atoms with Crippen molar-refractivity contribution in [3.8, 4) is 22.8 Å². The molecule has 0 unspecified atom stereocenters. The molecule has 2 aromatic carbocycles. The van der Waals surface area contributed by atoms with E-state index in [1.165, 1.54) is 27.8 Å². The van der Waals surface area contributed by atoms with Crippen LogP contribution in [0.15, 0.2) is 58.5 Å². The van der Waals surface area contributed by atoms with Crippen LogP contribution in [0, 0.1) is 0 Å². The van der Waals surface area contributed by atoms with Crippen molar-refractivity contribution < 1.29 is 9.53 Å². The van der Waals surface area contributed by atoms with E-state index in [0.29, 0.717) is 27.4 Å². The van der Waals surface area contributed by atoms with Crippen LogP contribution in [0.1, 0.15) is 25.0 Å². The third kappa shape index (κ3) is 4.60. The number of carbonyl (C=O) groups is 1. The van der Waals surface area contributed by atoms with Gasteiger partial charge in [0.15, 0.2) is 16.1 Å². The first kappa shape index (κ1) is 23.7. The van der Waals surface area contributed by atoms with Crippen LogP contribution < -0.4 is 15.6 Å². The number of amides is 1. The van der Waals surface area contributed by atoms with Crippen LogP contribution in [0.25, 0.3) is 27.3 Å². The molecule has 0 atom stereocenters. The van der Waals surface area contributed by atoms with Gasteiger partial charge in [-0.25, -0.2) is 9.97 Å². The van der Waals surface area contributed by atoms with Crippen molar-refractivity contribution in [1.82, 2.24) is 24.3 Å². The summed E-state index contributed by atoms with van der Waals surface area (Å²) in [6.07, 6.45) is 3.86. The van der Waals surface area contributed by atoms with Gasteiger partial charge in [0.25, 0.3) is 5.56 Å². The normalized spacial score (nSPS) is 13.4. The molecule has 3 aliphatic rings. The first-order chi connectivity index (χ1) is 18.1. The Morgan fingerprint density at radius 1 is 1.14 bits per heavy atom. The SMILES string of the molecule is COc1ccc2nc(NC(=O)CSc3nc4nn(-c5ccccc5)c(=O)c-4c4n3CCCCC4)sc2c1. The van der Waals surface area contributed by atoms with E-state index in [9.17, 15) is 9.59 Å². The van der Waals surface area contributed by atoms with Crippen molar-refractivity contribution in [2.45, 2.75) is 37.4 Å². The number of para-hydroxylation sites is 1. The van der Waals surface area contributed by atoms with E-state index in [0.717, 1.165) is 53.9 Å². The summed E-state index contributed by atoms with van der Waals surface area (Å²) in [6.45, 7) is 0.762. The van der Waals surface area contributed by atoms with Crippen LogP contribution >= 0.6 is 23.1 Å².